The van der Waals surface area contributed by atoms with Crippen molar-refractivity contribution in [2.45, 2.75) is 45.2 Å². The second-order valence-corrected chi connectivity index (χ2v) is 8.11. The fourth-order valence-electron chi connectivity index (χ4n) is 4.62. The smallest absolute Gasteiger partial charge is 0.308 e. The van der Waals surface area contributed by atoms with Gasteiger partial charge in [-0.15, -0.1) is 0 Å². The average molecular weight is 392 g/mol. The first-order valence-corrected chi connectivity index (χ1v) is 10.4. The summed E-state index contributed by atoms with van der Waals surface area (Å²) < 4.78 is 2.17. The van der Waals surface area contributed by atoms with Crippen molar-refractivity contribution >= 4 is 28.2 Å². The topological polar surface area (TPSA) is 66.3 Å². The van der Waals surface area contributed by atoms with E-state index in [4.69, 9.17) is 0 Å². The molecule has 0 spiro atoms. The van der Waals surface area contributed by atoms with E-state index in [1.165, 1.54) is 22.0 Å². The molecular weight excluding hydrogens is 362 g/mol. The van der Waals surface area contributed by atoms with Crippen molar-refractivity contribution in [3.8, 4) is 0 Å². The number of hydrogen-bond donors (Lipinski definition) is 3. The zero-order valence-corrected chi connectivity index (χ0v) is 17.1. The minimum absolute atomic E-state index is 0.0241. The highest BCUT2D eigenvalue weighted by molar-refractivity contribution is 5.87. The molecule has 0 bridgehead atoms. The predicted octanol–water partition coefficient (Wildman–Crippen LogP) is 5.15. The quantitative estimate of drug-likeness (QED) is 0.543. The Kier molecular flexibility index (Phi) is 5.47. The van der Waals surface area contributed by atoms with Gasteiger partial charge in [0.1, 0.15) is 0 Å². The third kappa shape index (κ3) is 3.95. The Morgan fingerprint density at radius 3 is 2.66 bits per heavy atom. The van der Waals surface area contributed by atoms with Crippen molar-refractivity contribution in [3.63, 3.8) is 0 Å². The maximum Gasteiger partial charge on any atom is 0.308 e. The van der Waals surface area contributed by atoms with Gasteiger partial charge in [-0.2, -0.15) is 0 Å². The number of fused-ring (bicyclic) bond motifs is 1. The van der Waals surface area contributed by atoms with Crippen LogP contribution in [0.25, 0.3) is 10.9 Å². The van der Waals surface area contributed by atoms with Crippen LogP contribution in [0.15, 0.2) is 48.7 Å². The molecule has 0 amide bonds. The summed E-state index contributed by atoms with van der Waals surface area (Å²) in [5, 5.41) is 18.0. The number of rotatable bonds is 6. The van der Waals surface area contributed by atoms with Crippen LogP contribution in [0.3, 0.4) is 0 Å². The van der Waals surface area contributed by atoms with Gasteiger partial charge in [0.2, 0.25) is 0 Å². The highest BCUT2D eigenvalue weighted by Crippen LogP contribution is 2.31. The molecule has 0 unspecified atom stereocenters. The molecule has 1 aliphatic rings. The van der Waals surface area contributed by atoms with E-state index in [0.29, 0.717) is 6.54 Å². The van der Waals surface area contributed by atoms with Gasteiger partial charge in [-0.1, -0.05) is 37.1 Å². The Morgan fingerprint density at radius 1 is 1.10 bits per heavy atom. The number of anilines is 2. The maximum atomic E-state index is 11.7. The number of carboxylic acid groups (broad SMARTS) is 1. The lowest BCUT2D eigenvalue weighted by Crippen LogP contribution is -2.37. The van der Waals surface area contributed by atoms with Gasteiger partial charge in [0.15, 0.2) is 0 Å². The lowest BCUT2D eigenvalue weighted by molar-refractivity contribution is -0.143. The van der Waals surface area contributed by atoms with Crippen LogP contribution in [-0.4, -0.2) is 21.7 Å². The lowest BCUT2D eigenvalue weighted by atomic mass is 9.84. The summed E-state index contributed by atoms with van der Waals surface area (Å²) in [5.74, 6) is -1.02. The average Bonchev–Trinajstić information content (AvgIpc) is 3.04. The summed E-state index contributed by atoms with van der Waals surface area (Å²) in [7, 11) is 2.08. The minimum Gasteiger partial charge on any atom is -0.481 e. The maximum absolute atomic E-state index is 11.7. The second kappa shape index (κ2) is 8.19. The summed E-state index contributed by atoms with van der Waals surface area (Å²) in [6.07, 6.45) is 5.90. The molecule has 3 aromatic rings. The number of hydrogen-bond acceptors (Lipinski definition) is 3. The minimum atomic E-state index is -0.695. The number of nitrogens with zero attached hydrogens (tertiary/aromatic N) is 1. The number of aryl methyl sites for hydroxylation is 2. The van der Waals surface area contributed by atoms with Crippen molar-refractivity contribution in [3.05, 3.63) is 59.8 Å². The Morgan fingerprint density at radius 2 is 1.86 bits per heavy atom. The highest BCUT2D eigenvalue weighted by atomic mass is 16.4. The van der Waals surface area contributed by atoms with Crippen LogP contribution in [0, 0.1) is 12.8 Å². The SMILES string of the molecule is Cc1cccc2c1c(CNc1ccccc1N[C@@H]1CCCC[C@H]1C(=O)O)cn2C. The van der Waals surface area contributed by atoms with Crippen LogP contribution in [-0.2, 0) is 18.4 Å². The molecule has 1 fully saturated rings. The molecule has 2 aromatic carbocycles. The fraction of sp³-hybridized carbons (Fsp3) is 0.375. The van der Waals surface area contributed by atoms with Gasteiger partial charge >= 0.3 is 5.97 Å². The van der Waals surface area contributed by atoms with Crippen LogP contribution < -0.4 is 10.6 Å². The normalized spacial score (nSPS) is 19.2. The lowest BCUT2D eigenvalue weighted by Gasteiger charge is -2.30. The van der Waals surface area contributed by atoms with Gasteiger partial charge in [0, 0.05) is 36.7 Å². The number of carboxylic acids is 1. The molecule has 1 aliphatic carbocycles. The van der Waals surface area contributed by atoms with Gasteiger partial charge in [0.05, 0.1) is 17.3 Å². The molecule has 5 heteroatoms. The number of nitrogens with one attached hydrogen (secondary N) is 2. The first kappa shape index (κ1) is 19.4. The fourth-order valence-corrected chi connectivity index (χ4v) is 4.62. The summed E-state index contributed by atoms with van der Waals surface area (Å²) in [5.41, 5.74) is 5.75. The first-order valence-electron chi connectivity index (χ1n) is 10.4. The molecule has 29 heavy (non-hydrogen) atoms. The molecular formula is C24H29N3O2. The molecule has 0 aliphatic heterocycles. The van der Waals surface area contributed by atoms with Crippen LogP contribution in [0.5, 0.6) is 0 Å². The highest BCUT2D eigenvalue weighted by Gasteiger charge is 2.31. The third-order valence-corrected chi connectivity index (χ3v) is 6.12. The largest absolute Gasteiger partial charge is 0.481 e. The van der Waals surface area contributed by atoms with Crippen LogP contribution in [0.4, 0.5) is 11.4 Å². The monoisotopic (exact) mass is 391 g/mol. The van der Waals surface area contributed by atoms with E-state index in [0.717, 1.165) is 37.1 Å². The zero-order chi connectivity index (χ0) is 20.4. The Bertz CT molecular complexity index is 1020. The van der Waals surface area contributed by atoms with E-state index in [1.807, 2.05) is 18.2 Å². The van der Waals surface area contributed by atoms with Gasteiger partial charge in [-0.3, -0.25) is 4.79 Å². The van der Waals surface area contributed by atoms with Crippen LogP contribution in [0.1, 0.15) is 36.8 Å². The summed E-state index contributed by atoms with van der Waals surface area (Å²) in [6, 6.07) is 14.5. The molecule has 1 saturated carbocycles. The molecule has 5 nitrogen and oxygen atoms in total. The number of carbonyl (C=O) groups is 1. The van der Waals surface area contributed by atoms with Crippen molar-refractivity contribution in [2.24, 2.45) is 13.0 Å². The molecule has 0 radical (unpaired) electrons. The molecule has 4 rings (SSSR count). The molecule has 1 aromatic heterocycles. The van der Waals surface area contributed by atoms with Crippen molar-refractivity contribution in [1.82, 2.24) is 4.57 Å². The van der Waals surface area contributed by atoms with Crippen LogP contribution in [0.2, 0.25) is 0 Å². The summed E-state index contributed by atoms with van der Waals surface area (Å²) in [6.45, 7) is 2.87. The molecule has 152 valence electrons. The van der Waals surface area contributed by atoms with Crippen molar-refractivity contribution in [2.75, 3.05) is 10.6 Å². The Balaban J connectivity index is 1.55. The summed E-state index contributed by atoms with van der Waals surface area (Å²) >= 11 is 0. The number of aromatic nitrogens is 1. The standard InChI is InChI=1S/C24H29N3O2/c1-16-8-7-13-22-23(16)17(15-27(22)2)14-25-20-11-5-6-12-21(20)26-19-10-4-3-9-18(19)24(28)29/h5-8,11-13,15,18-19,25-26H,3-4,9-10,14H2,1-2H3,(H,28,29)/t18-,19-/m1/s1. The van der Waals surface area contributed by atoms with Crippen molar-refractivity contribution in [1.29, 1.82) is 0 Å². The number of aliphatic carboxylic acids is 1. The zero-order valence-electron chi connectivity index (χ0n) is 17.1. The Hall–Kier alpha value is -2.95. The van der Waals surface area contributed by atoms with E-state index in [2.05, 4.69) is 59.6 Å². The summed E-state index contributed by atoms with van der Waals surface area (Å²) in [4.78, 5) is 11.7. The van der Waals surface area contributed by atoms with Crippen molar-refractivity contribution < 1.29 is 9.90 Å². The van der Waals surface area contributed by atoms with E-state index in [1.54, 1.807) is 0 Å². The third-order valence-electron chi connectivity index (χ3n) is 6.12. The van der Waals surface area contributed by atoms with E-state index in [-0.39, 0.29) is 12.0 Å². The molecule has 0 saturated heterocycles. The Labute approximate surface area is 171 Å². The molecule has 1 heterocycles. The molecule has 3 N–H and O–H groups in total. The van der Waals surface area contributed by atoms with E-state index < -0.39 is 5.97 Å². The van der Waals surface area contributed by atoms with Crippen LogP contribution >= 0.6 is 0 Å². The van der Waals surface area contributed by atoms with Gasteiger partial charge < -0.3 is 20.3 Å². The van der Waals surface area contributed by atoms with E-state index >= 15 is 0 Å². The van der Waals surface area contributed by atoms with Gasteiger partial charge in [0.25, 0.3) is 0 Å². The number of para-hydroxylation sites is 2. The second-order valence-electron chi connectivity index (χ2n) is 8.11. The predicted molar refractivity (Wildman–Crippen MR) is 118 cm³/mol. The van der Waals surface area contributed by atoms with Gasteiger partial charge in [-0.05, 0) is 49.1 Å². The molecule has 2 atom stereocenters. The van der Waals surface area contributed by atoms with Gasteiger partial charge in [-0.25, -0.2) is 0 Å². The number of benzene rings is 2. The van der Waals surface area contributed by atoms with E-state index in [9.17, 15) is 9.90 Å². The first-order chi connectivity index (χ1) is 14.0.